The van der Waals surface area contributed by atoms with Gasteiger partial charge in [-0.15, -0.1) is 11.3 Å². The molecule has 0 aliphatic heterocycles. The molecule has 23 heavy (non-hydrogen) atoms. The number of carbonyl (C=O) groups excluding carboxylic acids is 1. The largest absolute Gasteiger partial charge is 0.396 e. The first-order valence-electron chi connectivity index (χ1n) is 8.01. The van der Waals surface area contributed by atoms with Crippen molar-refractivity contribution in [2.24, 2.45) is 5.92 Å². The monoisotopic (exact) mass is 331 g/mol. The van der Waals surface area contributed by atoms with Crippen LogP contribution in [0.4, 0.5) is 0 Å². The zero-order valence-corrected chi connectivity index (χ0v) is 13.8. The number of rotatable bonds is 5. The number of amides is 1. The van der Waals surface area contributed by atoms with Crippen molar-refractivity contribution in [2.45, 2.75) is 38.1 Å². The fourth-order valence-electron chi connectivity index (χ4n) is 3.05. The van der Waals surface area contributed by atoms with Crippen LogP contribution in [0.3, 0.4) is 0 Å². The van der Waals surface area contributed by atoms with Crippen LogP contribution in [0.25, 0.3) is 10.6 Å². The molecule has 2 unspecified atom stereocenters. The molecule has 0 bridgehead atoms. The van der Waals surface area contributed by atoms with Crippen LogP contribution in [-0.4, -0.2) is 33.6 Å². The van der Waals surface area contributed by atoms with Crippen molar-refractivity contribution in [2.75, 3.05) is 6.61 Å². The Bertz CT molecular complexity index is 644. The van der Waals surface area contributed by atoms with Gasteiger partial charge < -0.3 is 10.4 Å². The van der Waals surface area contributed by atoms with Crippen molar-refractivity contribution in [3.8, 4) is 10.6 Å². The van der Waals surface area contributed by atoms with Gasteiger partial charge in [0.25, 0.3) is 0 Å². The molecular weight excluding hydrogens is 310 g/mol. The highest BCUT2D eigenvalue weighted by Gasteiger charge is 2.25. The van der Waals surface area contributed by atoms with Gasteiger partial charge in [0, 0.05) is 41.9 Å². The molecule has 5 nitrogen and oxygen atoms in total. The molecule has 122 valence electrons. The van der Waals surface area contributed by atoms with Crippen LogP contribution < -0.4 is 5.32 Å². The zero-order chi connectivity index (χ0) is 16.1. The Kier molecular flexibility index (Phi) is 5.35. The van der Waals surface area contributed by atoms with E-state index in [2.05, 4.69) is 15.3 Å². The molecule has 1 amide bonds. The first-order valence-corrected chi connectivity index (χ1v) is 8.89. The lowest BCUT2D eigenvalue weighted by molar-refractivity contribution is -0.121. The third kappa shape index (κ3) is 4.14. The quantitative estimate of drug-likeness (QED) is 0.882. The van der Waals surface area contributed by atoms with E-state index in [-0.39, 0.29) is 30.9 Å². The van der Waals surface area contributed by atoms with E-state index in [1.54, 1.807) is 12.4 Å². The molecular formula is C17H21N3O2S. The maximum atomic E-state index is 12.2. The standard InChI is InChI=1S/C17H21N3O2S/c21-10-13-4-1-2-6-15(13)20-16(22)8-14-11-23-17(19-14)12-5-3-7-18-9-12/h3,5,7,9,11,13,15,21H,1-2,4,6,8,10H2,(H,20,22). The van der Waals surface area contributed by atoms with Crippen LogP contribution in [0.2, 0.25) is 0 Å². The van der Waals surface area contributed by atoms with Gasteiger partial charge >= 0.3 is 0 Å². The summed E-state index contributed by atoms with van der Waals surface area (Å²) in [6, 6.07) is 3.93. The molecule has 6 heteroatoms. The lowest BCUT2D eigenvalue weighted by Gasteiger charge is -2.30. The molecule has 0 radical (unpaired) electrons. The molecule has 1 fully saturated rings. The number of thiazole rings is 1. The van der Waals surface area contributed by atoms with Crippen LogP contribution in [0.15, 0.2) is 29.9 Å². The van der Waals surface area contributed by atoms with Crippen LogP contribution in [0.5, 0.6) is 0 Å². The summed E-state index contributed by atoms with van der Waals surface area (Å²) in [7, 11) is 0. The summed E-state index contributed by atoms with van der Waals surface area (Å²) in [6.07, 6.45) is 7.98. The van der Waals surface area contributed by atoms with Gasteiger partial charge in [0.05, 0.1) is 12.1 Å². The van der Waals surface area contributed by atoms with E-state index in [1.165, 1.54) is 11.3 Å². The maximum Gasteiger partial charge on any atom is 0.226 e. The highest BCUT2D eigenvalue weighted by Crippen LogP contribution is 2.25. The summed E-state index contributed by atoms with van der Waals surface area (Å²) in [5.41, 5.74) is 1.75. The summed E-state index contributed by atoms with van der Waals surface area (Å²) in [5.74, 6) is 0.174. The number of aromatic nitrogens is 2. The minimum atomic E-state index is -0.0154. The smallest absolute Gasteiger partial charge is 0.226 e. The molecule has 2 atom stereocenters. The van der Waals surface area contributed by atoms with Crippen molar-refractivity contribution in [3.05, 3.63) is 35.6 Å². The summed E-state index contributed by atoms with van der Waals surface area (Å²) < 4.78 is 0. The Morgan fingerprint density at radius 3 is 3.04 bits per heavy atom. The first-order chi connectivity index (χ1) is 11.3. The number of hydrogen-bond donors (Lipinski definition) is 2. The minimum Gasteiger partial charge on any atom is -0.396 e. The number of pyridine rings is 1. The van der Waals surface area contributed by atoms with Crippen LogP contribution in [0.1, 0.15) is 31.4 Å². The van der Waals surface area contributed by atoms with Gasteiger partial charge in [0.1, 0.15) is 5.01 Å². The van der Waals surface area contributed by atoms with Crippen LogP contribution in [-0.2, 0) is 11.2 Å². The normalized spacial score (nSPS) is 21.1. The summed E-state index contributed by atoms with van der Waals surface area (Å²) in [6.45, 7) is 0.146. The molecule has 1 saturated carbocycles. The van der Waals surface area contributed by atoms with Gasteiger partial charge in [-0.05, 0) is 25.0 Å². The van der Waals surface area contributed by atoms with E-state index in [1.807, 2.05) is 17.5 Å². The van der Waals surface area contributed by atoms with Gasteiger partial charge in [-0.1, -0.05) is 12.8 Å². The van der Waals surface area contributed by atoms with E-state index in [0.29, 0.717) is 0 Å². The van der Waals surface area contributed by atoms with Gasteiger partial charge in [0.15, 0.2) is 0 Å². The fraction of sp³-hybridized carbons (Fsp3) is 0.471. The first kappa shape index (κ1) is 16.1. The molecule has 2 N–H and O–H groups in total. The molecule has 1 aliphatic rings. The average molecular weight is 331 g/mol. The van der Waals surface area contributed by atoms with E-state index >= 15 is 0 Å². The van der Waals surface area contributed by atoms with Crippen LogP contribution in [0, 0.1) is 5.92 Å². The van der Waals surface area contributed by atoms with Crippen molar-refractivity contribution >= 4 is 17.2 Å². The lowest BCUT2D eigenvalue weighted by atomic mass is 9.85. The van der Waals surface area contributed by atoms with Crippen molar-refractivity contribution in [3.63, 3.8) is 0 Å². The van der Waals surface area contributed by atoms with Gasteiger partial charge in [-0.25, -0.2) is 4.98 Å². The average Bonchev–Trinajstić information content (AvgIpc) is 3.04. The number of carbonyl (C=O) groups is 1. The number of aliphatic hydroxyl groups is 1. The van der Waals surface area contributed by atoms with Crippen molar-refractivity contribution < 1.29 is 9.90 Å². The number of hydrogen-bond acceptors (Lipinski definition) is 5. The lowest BCUT2D eigenvalue weighted by Crippen LogP contribution is -2.44. The van der Waals surface area contributed by atoms with Gasteiger partial charge in [-0.2, -0.15) is 0 Å². The Hall–Kier alpha value is -1.79. The Labute approximate surface area is 139 Å². The molecule has 3 rings (SSSR count). The SMILES string of the molecule is O=C(Cc1csc(-c2cccnc2)n1)NC1CCCCC1CO. The highest BCUT2D eigenvalue weighted by molar-refractivity contribution is 7.13. The zero-order valence-electron chi connectivity index (χ0n) is 12.9. The molecule has 2 heterocycles. The summed E-state index contributed by atoms with van der Waals surface area (Å²) in [5, 5.41) is 15.3. The second-order valence-corrected chi connectivity index (χ2v) is 6.82. The third-order valence-corrected chi connectivity index (χ3v) is 5.23. The Balaban J connectivity index is 1.59. The fourth-order valence-corrected chi connectivity index (χ4v) is 3.86. The summed E-state index contributed by atoms with van der Waals surface area (Å²) in [4.78, 5) is 20.9. The predicted molar refractivity (Wildman–Crippen MR) is 90.0 cm³/mol. The van der Waals surface area contributed by atoms with E-state index in [4.69, 9.17) is 0 Å². The molecule has 1 aliphatic carbocycles. The molecule has 0 spiro atoms. The van der Waals surface area contributed by atoms with Gasteiger partial charge in [-0.3, -0.25) is 9.78 Å². The van der Waals surface area contributed by atoms with Crippen LogP contribution >= 0.6 is 11.3 Å². The van der Waals surface area contributed by atoms with E-state index in [0.717, 1.165) is 41.9 Å². The Morgan fingerprint density at radius 2 is 2.26 bits per heavy atom. The number of aliphatic hydroxyl groups excluding tert-OH is 1. The minimum absolute atomic E-state index is 0.0154. The highest BCUT2D eigenvalue weighted by atomic mass is 32.1. The predicted octanol–water partition coefficient (Wildman–Crippen LogP) is 2.41. The molecule has 2 aromatic heterocycles. The topological polar surface area (TPSA) is 75.1 Å². The molecule has 2 aromatic rings. The number of nitrogens with one attached hydrogen (secondary N) is 1. The molecule has 0 saturated heterocycles. The second kappa shape index (κ2) is 7.66. The summed E-state index contributed by atoms with van der Waals surface area (Å²) >= 11 is 1.52. The van der Waals surface area contributed by atoms with E-state index in [9.17, 15) is 9.90 Å². The second-order valence-electron chi connectivity index (χ2n) is 5.96. The maximum absolute atomic E-state index is 12.2. The van der Waals surface area contributed by atoms with Crippen molar-refractivity contribution in [1.29, 1.82) is 0 Å². The molecule has 0 aromatic carbocycles. The van der Waals surface area contributed by atoms with E-state index < -0.39 is 0 Å². The number of nitrogens with zero attached hydrogens (tertiary/aromatic N) is 2. The third-order valence-electron chi connectivity index (χ3n) is 4.29. The Morgan fingerprint density at radius 1 is 1.39 bits per heavy atom. The van der Waals surface area contributed by atoms with Gasteiger partial charge in [0.2, 0.25) is 5.91 Å². The van der Waals surface area contributed by atoms with Crippen molar-refractivity contribution in [1.82, 2.24) is 15.3 Å².